The molecule has 134 valence electrons. The summed E-state index contributed by atoms with van der Waals surface area (Å²) < 4.78 is 27.1. The molecule has 0 fully saturated rings. The smallest absolute Gasteiger partial charge is 0.264 e. The zero-order valence-corrected chi connectivity index (χ0v) is 15.7. The van der Waals surface area contributed by atoms with E-state index in [0.29, 0.717) is 17.3 Å². The van der Waals surface area contributed by atoms with E-state index in [1.165, 1.54) is 24.3 Å². The van der Waals surface area contributed by atoms with Gasteiger partial charge in [0.1, 0.15) is 6.54 Å². The summed E-state index contributed by atoms with van der Waals surface area (Å²) in [5, 5.41) is 3.19. The van der Waals surface area contributed by atoms with Gasteiger partial charge in [-0.1, -0.05) is 43.6 Å². The van der Waals surface area contributed by atoms with Crippen LogP contribution in [0.15, 0.2) is 59.5 Å². The Morgan fingerprint density at radius 3 is 2.24 bits per heavy atom. The fourth-order valence-electron chi connectivity index (χ4n) is 2.15. The number of hydrogen-bond donors (Lipinski definition) is 1. The molecule has 0 saturated carbocycles. The minimum absolute atomic E-state index is 0.0809. The summed E-state index contributed by atoms with van der Waals surface area (Å²) >= 11 is 5.84. The second-order valence-electron chi connectivity index (χ2n) is 6.00. The summed E-state index contributed by atoms with van der Waals surface area (Å²) in [5.74, 6) is -0.0721. The van der Waals surface area contributed by atoms with Gasteiger partial charge < -0.3 is 5.32 Å². The number of sulfonamides is 1. The van der Waals surface area contributed by atoms with Gasteiger partial charge in [0.2, 0.25) is 5.91 Å². The lowest BCUT2D eigenvalue weighted by Crippen LogP contribution is -2.41. The molecule has 0 spiro atoms. The highest BCUT2D eigenvalue weighted by molar-refractivity contribution is 7.92. The molecule has 0 atom stereocenters. The van der Waals surface area contributed by atoms with Crippen LogP contribution in [0, 0.1) is 5.92 Å². The third kappa shape index (κ3) is 5.21. The predicted octanol–water partition coefficient (Wildman–Crippen LogP) is 3.31. The first kappa shape index (κ1) is 19.3. The van der Waals surface area contributed by atoms with Gasteiger partial charge in [0.05, 0.1) is 10.6 Å². The number of amides is 1. The van der Waals surface area contributed by atoms with E-state index < -0.39 is 10.0 Å². The summed E-state index contributed by atoms with van der Waals surface area (Å²) in [6, 6.07) is 14.4. The molecule has 7 heteroatoms. The maximum Gasteiger partial charge on any atom is 0.264 e. The van der Waals surface area contributed by atoms with Gasteiger partial charge in [-0.3, -0.25) is 9.10 Å². The number of nitrogens with one attached hydrogen (secondary N) is 1. The number of para-hydroxylation sites is 1. The van der Waals surface area contributed by atoms with Crippen molar-refractivity contribution in [3.63, 3.8) is 0 Å². The van der Waals surface area contributed by atoms with Crippen LogP contribution < -0.4 is 9.62 Å². The molecule has 5 nitrogen and oxygen atoms in total. The predicted molar refractivity (Wildman–Crippen MR) is 100 cm³/mol. The highest BCUT2D eigenvalue weighted by Gasteiger charge is 2.27. The van der Waals surface area contributed by atoms with Gasteiger partial charge in [-0.05, 0) is 42.3 Å². The van der Waals surface area contributed by atoms with E-state index in [9.17, 15) is 13.2 Å². The Hall–Kier alpha value is -2.05. The number of anilines is 1. The van der Waals surface area contributed by atoms with Crippen molar-refractivity contribution in [3.8, 4) is 0 Å². The van der Waals surface area contributed by atoms with E-state index in [0.717, 1.165) is 4.31 Å². The molecule has 0 saturated heterocycles. The van der Waals surface area contributed by atoms with Gasteiger partial charge in [0.25, 0.3) is 10.0 Å². The number of carbonyl (C=O) groups is 1. The molecule has 0 radical (unpaired) electrons. The Morgan fingerprint density at radius 1 is 1.08 bits per heavy atom. The van der Waals surface area contributed by atoms with E-state index in [1.54, 1.807) is 30.3 Å². The number of halogens is 1. The van der Waals surface area contributed by atoms with Crippen LogP contribution in [0.2, 0.25) is 5.02 Å². The van der Waals surface area contributed by atoms with Crippen LogP contribution in [0.3, 0.4) is 0 Å². The maximum atomic E-state index is 13.0. The molecule has 25 heavy (non-hydrogen) atoms. The van der Waals surface area contributed by atoms with E-state index in [4.69, 9.17) is 11.6 Å². The number of nitrogens with zero attached hydrogens (tertiary/aromatic N) is 1. The van der Waals surface area contributed by atoms with Crippen LogP contribution in [0.25, 0.3) is 0 Å². The van der Waals surface area contributed by atoms with Crippen molar-refractivity contribution >= 4 is 33.2 Å². The van der Waals surface area contributed by atoms with Crippen LogP contribution >= 0.6 is 11.6 Å². The lowest BCUT2D eigenvalue weighted by Gasteiger charge is -2.24. The molecular weight excluding hydrogens is 360 g/mol. The van der Waals surface area contributed by atoms with Crippen molar-refractivity contribution in [3.05, 3.63) is 59.6 Å². The van der Waals surface area contributed by atoms with E-state index in [1.807, 2.05) is 13.8 Å². The third-order valence-corrected chi connectivity index (χ3v) is 5.48. The lowest BCUT2D eigenvalue weighted by atomic mass is 10.2. The molecule has 1 amide bonds. The van der Waals surface area contributed by atoms with Crippen molar-refractivity contribution in [1.29, 1.82) is 0 Å². The zero-order chi connectivity index (χ0) is 18.4. The van der Waals surface area contributed by atoms with Crippen LogP contribution in [-0.4, -0.2) is 27.4 Å². The van der Waals surface area contributed by atoms with Crippen LogP contribution in [0.1, 0.15) is 13.8 Å². The number of hydrogen-bond acceptors (Lipinski definition) is 3. The first-order valence-electron chi connectivity index (χ1n) is 7.91. The molecule has 0 aliphatic carbocycles. The van der Waals surface area contributed by atoms with E-state index in [-0.39, 0.29) is 23.3 Å². The Morgan fingerprint density at radius 2 is 1.68 bits per heavy atom. The highest BCUT2D eigenvalue weighted by atomic mass is 35.5. The van der Waals surface area contributed by atoms with Gasteiger partial charge in [-0.2, -0.15) is 0 Å². The lowest BCUT2D eigenvalue weighted by molar-refractivity contribution is -0.119. The van der Waals surface area contributed by atoms with Crippen LogP contribution in [0.5, 0.6) is 0 Å². The van der Waals surface area contributed by atoms with Crippen LogP contribution in [0.4, 0.5) is 5.69 Å². The summed E-state index contributed by atoms with van der Waals surface area (Å²) in [7, 11) is -3.89. The van der Waals surface area contributed by atoms with E-state index in [2.05, 4.69) is 5.32 Å². The highest BCUT2D eigenvalue weighted by Crippen LogP contribution is 2.24. The Kier molecular flexibility index (Phi) is 6.45. The molecule has 0 aliphatic rings. The third-order valence-electron chi connectivity index (χ3n) is 3.44. The Balaban J connectivity index is 2.34. The molecule has 2 aromatic rings. The minimum Gasteiger partial charge on any atom is -0.354 e. The normalized spacial score (nSPS) is 11.4. The first-order valence-corrected chi connectivity index (χ1v) is 9.72. The van der Waals surface area contributed by atoms with Gasteiger partial charge in [-0.15, -0.1) is 0 Å². The van der Waals surface area contributed by atoms with Crippen molar-refractivity contribution in [2.24, 2.45) is 5.92 Å². The minimum atomic E-state index is -3.89. The van der Waals surface area contributed by atoms with Crippen molar-refractivity contribution < 1.29 is 13.2 Å². The molecule has 0 unspecified atom stereocenters. The van der Waals surface area contributed by atoms with Crippen molar-refractivity contribution in [2.75, 3.05) is 17.4 Å². The SMILES string of the molecule is CC(C)CNC(=O)CN(c1ccccc1)S(=O)(=O)c1ccc(Cl)cc1. The average Bonchev–Trinajstić information content (AvgIpc) is 2.59. The fourth-order valence-corrected chi connectivity index (χ4v) is 3.69. The molecule has 0 bridgehead atoms. The zero-order valence-electron chi connectivity index (χ0n) is 14.1. The maximum absolute atomic E-state index is 13.0. The summed E-state index contributed by atoms with van der Waals surface area (Å²) in [5.41, 5.74) is 0.428. The molecule has 0 aromatic heterocycles. The van der Waals surface area contributed by atoms with Gasteiger partial charge in [-0.25, -0.2) is 8.42 Å². The van der Waals surface area contributed by atoms with Crippen LogP contribution in [-0.2, 0) is 14.8 Å². The molecule has 0 aliphatic heterocycles. The largest absolute Gasteiger partial charge is 0.354 e. The van der Waals surface area contributed by atoms with Gasteiger partial charge in [0.15, 0.2) is 0 Å². The topological polar surface area (TPSA) is 66.5 Å². The number of rotatable bonds is 7. The summed E-state index contributed by atoms with van der Waals surface area (Å²) in [6.07, 6.45) is 0. The summed E-state index contributed by atoms with van der Waals surface area (Å²) in [6.45, 7) is 4.14. The van der Waals surface area contributed by atoms with Crippen molar-refractivity contribution in [2.45, 2.75) is 18.7 Å². The quantitative estimate of drug-likeness (QED) is 0.801. The fraction of sp³-hybridized carbons (Fsp3) is 0.278. The molecule has 2 rings (SSSR count). The second-order valence-corrected chi connectivity index (χ2v) is 8.30. The Bertz CT molecular complexity index is 806. The first-order chi connectivity index (χ1) is 11.8. The second kappa shape index (κ2) is 8.36. The van der Waals surface area contributed by atoms with Gasteiger partial charge >= 0.3 is 0 Å². The average molecular weight is 381 g/mol. The van der Waals surface area contributed by atoms with Gasteiger partial charge in [0, 0.05) is 11.6 Å². The molecule has 1 N–H and O–H groups in total. The summed E-state index contributed by atoms with van der Waals surface area (Å²) in [4.78, 5) is 12.3. The van der Waals surface area contributed by atoms with E-state index >= 15 is 0 Å². The molecule has 0 heterocycles. The molecule has 2 aromatic carbocycles. The monoisotopic (exact) mass is 380 g/mol. The van der Waals surface area contributed by atoms with Crippen molar-refractivity contribution in [1.82, 2.24) is 5.32 Å². The number of benzene rings is 2. The standard InChI is InChI=1S/C18H21ClN2O3S/c1-14(2)12-20-18(22)13-21(16-6-4-3-5-7-16)25(23,24)17-10-8-15(19)9-11-17/h3-11,14H,12-13H2,1-2H3,(H,20,22). The Labute approximate surface area is 153 Å². The molecular formula is C18H21ClN2O3S. The number of carbonyl (C=O) groups excluding carboxylic acids is 1.